The van der Waals surface area contributed by atoms with Crippen LogP contribution in [0.25, 0.3) is 0 Å². The van der Waals surface area contributed by atoms with Crippen molar-refractivity contribution in [3.63, 3.8) is 0 Å². The SMILES string of the molecule is CSC(C)CNc1ncc(Br)cc1Br. The van der Waals surface area contributed by atoms with Crippen molar-refractivity contribution in [3.8, 4) is 0 Å². The lowest BCUT2D eigenvalue weighted by atomic mass is 10.4. The summed E-state index contributed by atoms with van der Waals surface area (Å²) in [5, 5.41) is 3.88. The number of thioether (sulfide) groups is 1. The van der Waals surface area contributed by atoms with E-state index >= 15 is 0 Å². The quantitative estimate of drug-likeness (QED) is 0.903. The third kappa shape index (κ3) is 3.79. The lowest BCUT2D eigenvalue weighted by Gasteiger charge is -2.11. The van der Waals surface area contributed by atoms with E-state index in [9.17, 15) is 0 Å². The lowest BCUT2D eigenvalue weighted by Crippen LogP contribution is -2.13. The Labute approximate surface area is 106 Å². The van der Waals surface area contributed by atoms with Crippen molar-refractivity contribution in [2.24, 2.45) is 0 Å². The van der Waals surface area contributed by atoms with E-state index in [0.29, 0.717) is 5.25 Å². The summed E-state index contributed by atoms with van der Waals surface area (Å²) >= 11 is 8.66. The Hall–Kier alpha value is 0.260. The summed E-state index contributed by atoms with van der Waals surface area (Å²) in [6, 6.07) is 1.99. The normalized spacial score (nSPS) is 12.6. The van der Waals surface area contributed by atoms with E-state index in [1.54, 1.807) is 6.20 Å². The van der Waals surface area contributed by atoms with Gasteiger partial charge < -0.3 is 5.32 Å². The molecule has 78 valence electrons. The van der Waals surface area contributed by atoms with E-state index in [2.05, 4.69) is 55.3 Å². The molecule has 0 radical (unpaired) electrons. The maximum atomic E-state index is 4.27. The zero-order valence-electron chi connectivity index (χ0n) is 8.05. The molecule has 0 saturated heterocycles. The molecule has 0 spiro atoms. The molecule has 0 saturated carbocycles. The van der Waals surface area contributed by atoms with E-state index in [0.717, 1.165) is 21.3 Å². The summed E-state index contributed by atoms with van der Waals surface area (Å²) in [4.78, 5) is 4.27. The Kier molecular flexibility index (Phi) is 5.26. The van der Waals surface area contributed by atoms with Crippen LogP contribution in [0, 0.1) is 0 Å². The number of hydrogen-bond acceptors (Lipinski definition) is 3. The van der Waals surface area contributed by atoms with E-state index in [1.165, 1.54) is 0 Å². The van der Waals surface area contributed by atoms with Gasteiger partial charge in [-0.2, -0.15) is 11.8 Å². The van der Waals surface area contributed by atoms with Gasteiger partial charge >= 0.3 is 0 Å². The number of anilines is 1. The number of hydrogen-bond donors (Lipinski definition) is 1. The first-order valence-corrected chi connectivity index (χ1v) is 7.08. The number of rotatable bonds is 4. The number of halogens is 2. The van der Waals surface area contributed by atoms with Gasteiger partial charge in [-0.05, 0) is 44.2 Å². The van der Waals surface area contributed by atoms with Gasteiger partial charge in [-0.3, -0.25) is 0 Å². The molecule has 1 N–H and O–H groups in total. The highest BCUT2D eigenvalue weighted by atomic mass is 79.9. The number of nitrogens with one attached hydrogen (secondary N) is 1. The van der Waals surface area contributed by atoms with Crippen molar-refractivity contribution >= 4 is 49.4 Å². The molecule has 1 atom stereocenters. The van der Waals surface area contributed by atoms with E-state index in [1.807, 2.05) is 17.8 Å². The van der Waals surface area contributed by atoms with Crippen molar-refractivity contribution in [2.75, 3.05) is 18.1 Å². The Morgan fingerprint density at radius 1 is 1.57 bits per heavy atom. The second-order valence-electron chi connectivity index (χ2n) is 2.91. The number of aromatic nitrogens is 1. The molecule has 0 aromatic carbocycles. The number of nitrogens with zero attached hydrogens (tertiary/aromatic N) is 1. The van der Waals surface area contributed by atoms with Crippen molar-refractivity contribution in [2.45, 2.75) is 12.2 Å². The van der Waals surface area contributed by atoms with Gasteiger partial charge in [0.25, 0.3) is 0 Å². The van der Waals surface area contributed by atoms with Gasteiger partial charge in [-0.1, -0.05) is 6.92 Å². The van der Waals surface area contributed by atoms with Crippen LogP contribution in [0.2, 0.25) is 0 Å². The van der Waals surface area contributed by atoms with Crippen LogP contribution in [0.1, 0.15) is 6.92 Å². The van der Waals surface area contributed by atoms with Crippen LogP contribution in [-0.2, 0) is 0 Å². The number of pyridine rings is 1. The van der Waals surface area contributed by atoms with Gasteiger partial charge in [0.15, 0.2) is 0 Å². The van der Waals surface area contributed by atoms with Crippen LogP contribution < -0.4 is 5.32 Å². The predicted octanol–water partition coefficient (Wildman–Crippen LogP) is 3.77. The molecule has 1 unspecified atom stereocenters. The van der Waals surface area contributed by atoms with E-state index in [4.69, 9.17) is 0 Å². The van der Waals surface area contributed by atoms with E-state index in [-0.39, 0.29) is 0 Å². The summed E-state index contributed by atoms with van der Waals surface area (Å²) in [7, 11) is 0. The zero-order chi connectivity index (χ0) is 10.6. The van der Waals surface area contributed by atoms with Gasteiger partial charge in [0.1, 0.15) is 5.82 Å². The van der Waals surface area contributed by atoms with Crippen LogP contribution in [0.5, 0.6) is 0 Å². The van der Waals surface area contributed by atoms with Crippen LogP contribution >= 0.6 is 43.6 Å². The lowest BCUT2D eigenvalue weighted by molar-refractivity contribution is 0.989. The Balaban J connectivity index is 2.59. The molecular weight excluding hydrogens is 328 g/mol. The van der Waals surface area contributed by atoms with E-state index < -0.39 is 0 Å². The first kappa shape index (κ1) is 12.3. The maximum Gasteiger partial charge on any atom is 0.140 e. The molecule has 0 aliphatic heterocycles. The average Bonchev–Trinajstić information content (AvgIpc) is 2.16. The van der Waals surface area contributed by atoms with Crippen LogP contribution in [0.15, 0.2) is 21.2 Å². The topological polar surface area (TPSA) is 24.9 Å². The van der Waals surface area contributed by atoms with Crippen molar-refractivity contribution in [1.29, 1.82) is 0 Å². The fraction of sp³-hybridized carbons (Fsp3) is 0.444. The molecule has 1 heterocycles. The van der Waals surface area contributed by atoms with Crippen LogP contribution in [0.4, 0.5) is 5.82 Å². The molecule has 1 rings (SSSR count). The van der Waals surface area contributed by atoms with Crippen LogP contribution in [0.3, 0.4) is 0 Å². The fourth-order valence-electron chi connectivity index (χ4n) is 0.868. The third-order valence-electron chi connectivity index (χ3n) is 1.77. The minimum Gasteiger partial charge on any atom is -0.368 e. The highest BCUT2D eigenvalue weighted by Crippen LogP contribution is 2.23. The molecule has 0 amide bonds. The summed E-state index contributed by atoms with van der Waals surface area (Å²) in [6.07, 6.45) is 3.90. The average molecular weight is 340 g/mol. The summed E-state index contributed by atoms with van der Waals surface area (Å²) in [5.41, 5.74) is 0. The molecule has 5 heteroatoms. The van der Waals surface area contributed by atoms with Gasteiger partial charge in [0.2, 0.25) is 0 Å². The van der Waals surface area contributed by atoms with Gasteiger partial charge in [0.05, 0.1) is 4.47 Å². The molecule has 1 aromatic rings. The maximum absolute atomic E-state index is 4.27. The van der Waals surface area contributed by atoms with Crippen molar-refractivity contribution < 1.29 is 0 Å². The smallest absolute Gasteiger partial charge is 0.140 e. The highest BCUT2D eigenvalue weighted by Gasteiger charge is 2.03. The van der Waals surface area contributed by atoms with Gasteiger partial charge in [-0.25, -0.2) is 4.98 Å². The van der Waals surface area contributed by atoms with Gasteiger partial charge in [-0.15, -0.1) is 0 Å². The Morgan fingerprint density at radius 2 is 2.29 bits per heavy atom. The first-order valence-electron chi connectivity index (χ1n) is 4.21. The zero-order valence-corrected chi connectivity index (χ0v) is 12.0. The fourth-order valence-corrected chi connectivity index (χ4v) is 2.25. The first-order chi connectivity index (χ1) is 6.63. The monoisotopic (exact) mass is 338 g/mol. The minimum absolute atomic E-state index is 0.590. The largest absolute Gasteiger partial charge is 0.368 e. The minimum atomic E-state index is 0.590. The Morgan fingerprint density at radius 3 is 2.86 bits per heavy atom. The second kappa shape index (κ2) is 5.98. The summed E-state index contributed by atoms with van der Waals surface area (Å²) in [6.45, 7) is 3.11. The molecule has 0 aliphatic rings. The highest BCUT2D eigenvalue weighted by molar-refractivity contribution is 9.11. The summed E-state index contributed by atoms with van der Waals surface area (Å²) < 4.78 is 1.97. The molecule has 0 aliphatic carbocycles. The summed E-state index contributed by atoms with van der Waals surface area (Å²) in [5.74, 6) is 0.897. The molecule has 2 nitrogen and oxygen atoms in total. The molecule has 14 heavy (non-hydrogen) atoms. The van der Waals surface area contributed by atoms with Crippen molar-refractivity contribution in [1.82, 2.24) is 4.98 Å². The second-order valence-corrected chi connectivity index (χ2v) is 5.96. The Bertz CT molecular complexity index is 307. The molecule has 0 fully saturated rings. The third-order valence-corrected chi connectivity index (χ3v) is 3.78. The molecule has 1 aromatic heterocycles. The molecular formula is C9H12Br2N2S. The van der Waals surface area contributed by atoms with Crippen LogP contribution in [-0.4, -0.2) is 23.0 Å². The van der Waals surface area contributed by atoms with Gasteiger partial charge in [0, 0.05) is 22.5 Å². The van der Waals surface area contributed by atoms with Crippen molar-refractivity contribution in [3.05, 3.63) is 21.2 Å². The standard InChI is InChI=1S/C9H12Br2N2S/c1-6(14-2)4-12-9-8(11)3-7(10)5-13-9/h3,5-6H,4H2,1-2H3,(H,12,13). The predicted molar refractivity (Wildman–Crippen MR) is 71.1 cm³/mol. The molecule has 0 bridgehead atoms.